The maximum absolute atomic E-state index is 14.1. The van der Waals surface area contributed by atoms with Gasteiger partial charge in [0.25, 0.3) is 21.6 Å². The van der Waals surface area contributed by atoms with E-state index in [1.807, 2.05) is 18.2 Å². The van der Waals surface area contributed by atoms with Gasteiger partial charge in [-0.1, -0.05) is 43.2 Å². The van der Waals surface area contributed by atoms with Crippen LogP contribution in [0.4, 0.5) is 16.2 Å². The molecule has 17 nitrogen and oxygen atoms in total. The molecule has 3 aromatic carbocycles. The Morgan fingerprint density at radius 3 is 2.56 bits per heavy atom. The van der Waals surface area contributed by atoms with Crippen LogP contribution in [-0.4, -0.2) is 117 Å². The number of nitro groups is 1. The number of aromatic amines is 1. The number of ether oxygens (including phenoxy) is 4. The molecule has 2 N–H and O–H groups in total. The van der Waals surface area contributed by atoms with Gasteiger partial charge in [0, 0.05) is 92.2 Å². The Bertz CT molecular complexity index is 2860. The number of carbonyl (C=O) groups excluding carboxylic acids is 2. The Labute approximate surface area is 399 Å². The molecule has 358 valence electrons. The zero-order valence-corrected chi connectivity index (χ0v) is 39.6. The second-order valence-corrected chi connectivity index (χ2v) is 20.7. The molecule has 2 aromatic heterocycles. The quantitative estimate of drug-likeness (QED) is 0.0846. The summed E-state index contributed by atoms with van der Waals surface area (Å²) in [6, 6.07) is 18.9. The smallest absolute Gasteiger partial charge is 0.409 e. The number of allylic oxidation sites excluding steroid dienone is 1. The molecule has 0 spiro atoms. The van der Waals surface area contributed by atoms with Crippen LogP contribution >= 0.6 is 11.6 Å². The number of nitrogens with one attached hydrogen (secondary N) is 2. The lowest BCUT2D eigenvalue weighted by atomic mass is 9.72. The molecule has 2 saturated heterocycles. The Morgan fingerprint density at radius 1 is 1.01 bits per heavy atom. The van der Waals surface area contributed by atoms with Crippen LogP contribution in [-0.2, 0) is 25.9 Å². The molecule has 0 bridgehead atoms. The number of nitro benzene ring substituents is 1. The van der Waals surface area contributed by atoms with Crippen molar-refractivity contribution in [2.45, 2.75) is 50.8 Å². The number of pyridine rings is 1. The summed E-state index contributed by atoms with van der Waals surface area (Å²) in [6.07, 6.45) is 6.53. The molecule has 2 fully saturated rings. The normalized spacial score (nSPS) is 18.7. The van der Waals surface area contributed by atoms with Gasteiger partial charge in [0.1, 0.15) is 22.9 Å². The van der Waals surface area contributed by atoms with Crippen molar-refractivity contribution in [1.29, 1.82) is 0 Å². The van der Waals surface area contributed by atoms with Crippen LogP contribution in [0.5, 0.6) is 17.2 Å². The molecule has 4 aliphatic rings. The highest BCUT2D eigenvalue weighted by molar-refractivity contribution is 7.90. The Hall–Kier alpha value is -6.21. The lowest BCUT2D eigenvalue weighted by molar-refractivity contribution is -0.386. The Kier molecular flexibility index (Phi) is 13.6. The maximum Gasteiger partial charge on any atom is 0.409 e. The topological polar surface area (TPSA) is 199 Å². The molecule has 1 aliphatic carbocycles. The van der Waals surface area contributed by atoms with E-state index >= 15 is 0 Å². The monoisotopic (exact) mass is 967 g/mol. The summed E-state index contributed by atoms with van der Waals surface area (Å²) in [5, 5.41) is 13.9. The first-order valence-corrected chi connectivity index (χ1v) is 24.7. The van der Waals surface area contributed by atoms with E-state index in [4.69, 9.17) is 30.5 Å². The van der Waals surface area contributed by atoms with Crippen molar-refractivity contribution in [3.63, 3.8) is 0 Å². The first-order valence-electron chi connectivity index (χ1n) is 22.9. The maximum atomic E-state index is 14.1. The molecule has 1 atom stereocenters. The van der Waals surface area contributed by atoms with Crippen molar-refractivity contribution in [2.75, 3.05) is 77.1 Å². The van der Waals surface area contributed by atoms with Crippen molar-refractivity contribution in [3.8, 4) is 17.2 Å². The van der Waals surface area contributed by atoms with Crippen molar-refractivity contribution in [3.05, 3.63) is 117 Å². The molecule has 0 saturated carbocycles. The number of amides is 2. The number of piperazine rings is 1. The number of sulfonamides is 1. The van der Waals surface area contributed by atoms with Gasteiger partial charge >= 0.3 is 6.09 Å². The third-order valence-electron chi connectivity index (χ3n) is 13.2. The van der Waals surface area contributed by atoms with E-state index < -0.39 is 37.5 Å². The van der Waals surface area contributed by atoms with Crippen molar-refractivity contribution >= 4 is 61.6 Å². The number of fused-ring (bicyclic) bond motifs is 2. The van der Waals surface area contributed by atoms with Crippen LogP contribution in [0.3, 0.4) is 0 Å². The summed E-state index contributed by atoms with van der Waals surface area (Å²) in [5.74, 6) is -0.789. The minimum atomic E-state index is -4.69. The molecule has 19 heteroatoms. The predicted molar refractivity (Wildman–Crippen MR) is 256 cm³/mol. The van der Waals surface area contributed by atoms with E-state index in [2.05, 4.69) is 50.5 Å². The fourth-order valence-corrected chi connectivity index (χ4v) is 10.5. The van der Waals surface area contributed by atoms with Crippen LogP contribution in [0.25, 0.3) is 16.6 Å². The molecule has 68 heavy (non-hydrogen) atoms. The van der Waals surface area contributed by atoms with Gasteiger partial charge in [-0.3, -0.25) is 19.8 Å². The molecule has 3 aliphatic heterocycles. The zero-order chi connectivity index (χ0) is 47.6. The molecule has 2 amide bonds. The van der Waals surface area contributed by atoms with Gasteiger partial charge in [-0.2, -0.15) is 0 Å². The van der Waals surface area contributed by atoms with Crippen LogP contribution in [0.2, 0.25) is 5.02 Å². The Morgan fingerprint density at radius 2 is 1.79 bits per heavy atom. The number of aromatic nitrogens is 2. The van der Waals surface area contributed by atoms with E-state index in [-0.39, 0.29) is 53.6 Å². The van der Waals surface area contributed by atoms with Crippen molar-refractivity contribution in [1.82, 2.24) is 24.5 Å². The standard InChI is InChI=1S/C49H54ClN7O10S/c1-49(2)12-9-35(42(28-49)33-3-5-36(50)6-4-33)30-54-14-16-55(17-15-54)37-7-8-40(45(25-37)67-38-24-34-10-13-51-46(34)52-29-38)47(58)53-68(62,63)39-26-43(57(60)61)41-23-32(31-66-44(41)27-39)11-20-65-48(59)56-18-21-64-22-19-56/h3-8,10,13,24-27,29,32H,9,11-12,14-23,28,30-31H2,1-2H3,(H,51,52)(H,53,58)/t32-/m1/s1. The van der Waals surface area contributed by atoms with Crippen LogP contribution in [0, 0.1) is 21.4 Å². The number of rotatable bonds is 13. The third kappa shape index (κ3) is 10.7. The number of benzene rings is 3. The second kappa shape index (κ2) is 19.8. The summed E-state index contributed by atoms with van der Waals surface area (Å²) < 4.78 is 53.0. The molecule has 0 radical (unpaired) electrons. The molecule has 5 heterocycles. The molecule has 0 unspecified atom stereocenters. The number of anilines is 1. The highest BCUT2D eigenvalue weighted by atomic mass is 35.5. The van der Waals surface area contributed by atoms with E-state index in [1.54, 1.807) is 29.3 Å². The average molecular weight is 969 g/mol. The lowest BCUT2D eigenvalue weighted by Crippen LogP contribution is -2.47. The Balaban J connectivity index is 0.907. The summed E-state index contributed by atoms with van der Waals surface area (Å²) in [5.41, 5.74) is 5.38. The minimum Gasteiger partial charge on any atom is -0.493 e. The molecular formula is C49H54ClN7O10S. The molecular weight excluding hydrogens is 914 g/mol. The van der Waals surface area contributed by atoms with Gasteiger partial charge in [0.2, 0.25) is 0 Å². The number of hydrogen-bond donors (Lipinski definition) is 2. The molecule has 5 aromatic rings. The van der Waals surface area contributed by atoms with Gasteiger partial charge in [-0.05, 0) is 85.1 Å². The fraction of sp³-hybridized carbons (Fsp3) is 0.408. The summed E-state index contributed by atoms with van der Waals surface area (Å²) >= 11 is 6.25. The van der Waals surface area contributed by atoms with E-state index in [0.717, 1.165) is 61.1 Å². The van der Waals surface area contributed by atoms with Gasteiger partial charge in [0.05, 0.1) is 53.6 Å². The summed E-state index contributed by atoms with van der Waals surface area (Å²) in [6.45, 7) is 10.5. The molecule has 9 rings (SSSR count). The average Bonchev–Trinajstić information content (AvgIpc) is 3.80. The van der Waals surface area contributed by atoms with E-state index in [0.29, 0.717) is 57.2 Å². The predicted octanol–water partition coefficient (Wildman–Crippen LogP) is 8.23. The lowest BCUT2D eigenvalue weighted by Gasteiger charge is -2.39. The SMILES string of the molecule is CC1(C)CCC(CN2CCN(c3ccc(C(=O)NS(=O)(=O)c4cc5c(c([N+](=O)[O-])c4)C[C@@H](CCOC(=O)N4CCOCC4)CO5)c(Oc4cnc5[nH]ccc5c4)c3)CC2)=C(c2ccc(Cl)cc2)C1. The van der Waals surface area contributed by atoms with E-state index in [9.17, 15) is 28.1 Å². The van der Waals surface area contributed by atoms with Crippen LogP contribution < -0.4 is 19.1 Å². The highest BCUT2D eigenvalue weighted by Crippen LogP contribution is 2.44. The zero-order valence-electron chi connectivity index (χ0n) is 38.0. The van der Waals surface area contributed by atoms with E-state index in [1.165, 1.54) is 35.0 Å². The summed E-state index contributed by atoms with van der Waals surface area (Å²) in [7, 11) is -4.69. The number of carbonyl (C=O) groups is 2. The van der Waals surface area contributed by atoms with Gasteiger partial charge in [-0.15, -0.1) is 0 Å². The first kappa shape index (κ1) is 46.9. The van der Waals surface area contributed by atoms with Gasteiger partial charge in [-0.25, -0.2) is 22.9 Å². The third-order valence-corrected chi connectivity index (χ3v) is 14.8. The van der Waals surface area contributed by atoms with Gasteiger partial charge < -0.3 is 33.7 Å². The van der Waals surface area contributed by atoms with Crippen LogP contribution in [0.15, 0.2) is 89.6 Å². The second-order valence-electron chi connectivity index (χ2n) is 18.6. The van der Waals surface area contributed by atoms with Crippen molar-refractivity contribution < 1.29 is 41.9 Å². The number of hydrogen-bond acceptors (Lipinski definition) is 13. The number of morpholine rings is 1. The first-order chi connectivity index (χ1) is 32.7. The van der Waals surface area contributed by atoms with Crippen LogP contribution in [0.1, 0.15) is 61.0 Å². The number of H-pyrrole nitrogens is 1. The highest BCUT2D eigenvalue weighted by Gasteiger charge is 2.34. The fourth-order valence-electron chi connectivity index (χ4n) is 9.36. The largest absolute Gasteiger partial charge is 0.493 e. The summed E-state index contributed by atoms with van der Waals surface area (Å²) in [4.78, 5) is 51.4. The minimum absolute atomic E-state index is 0.0242. The van der Waals surface area contributed by atoms with Gasteiger partial charge in [0.15, 0.2) is 0 Å². The van der Waals surface area contributed by atoms with Crippen molar-refractivity contribution in [2.24, 2.45) is 11.3 Å². The number of nitrogens with zero attached hydrogens (tertiary/aromatic N) is 5. The number of halogens is 1.